The zero-order chi connectivity index (χ0) is 20.1. The summed E-state index contributed by atoms with van der Waals surface area (Å²) in [4.78, 5) is 8.16. The second kappa shape index (κ2) is 6.95. The molecule has 0 bridgehead atoms. The number of fused-ring (bicyclic) bond motifs is 1. The van der Waals surface area contributed by atoms with E-state index in [1.54, 1.807) is 24.7 Å². The number of piperidine rings is 1. The minimum absolute atomic E-state index is 0.0651. The minimum Gasteiger partial charge on any atom is -0.492 e. The van der Waals surface area contributed by atoms with Gasteiger partial charge in [0.05, 0.1) is 30.6 Å². The lowest BCUT2D eigenvalue weighted by atomic mass is 10.0. The Labute approximate surface area is 175 Å². The molecule has 6 heterocycles. The zero-order valence-electron chi connectivity index (χ0n) is 16.1. The number of hydrogen-bond acceptors (Lipinski definition) is 9. The summed E-state index contributed by atoms with van der Waals surface area (Å²) in [5.41, 5.74) is 0. The third-order valence-electron chi connectivity index (χ3n) is 5.74. The molecule has 0 radical (unpaired) electrons. The SMILES string of the molecule is Oc1c([C@@H](c2ccco2)N2CCC3(CC2)OCCO3)sc2nc(-c3ccco3)nn12. The van der Waals surface area contributed by atoms with Gasteiger partial charge in [-0.05, 0) is 24.3 Å². The predicted molar refractivity (Wildman–Crippen MR) is 106 cm³/mol. The van der Waals surface area contributed by atoms with Gasteiger partial charge in [0.25, 0.3) is 0 Å². The first-order chi connectivity index (χ1) is 14.7. The Bertz CT molecular complexity index is 1130. The lowest BCUT2D eigenvalue weighted by Gasteiger charge is -2.40. The maximum atomic E-state index is 11.0. The molecule has 1 spiro atoms. The Kier molecular flexibility index (Phi) is 4.20. The third-order valence-corrected chi connectivity index (χ3v) is 6.81. The van der Waals surface area contributed by atoms with Crippen molar-refractivity contribution >= 4 is 16.3 Å². The summed E-state index contributed by atoms with van der Waals surface area (Å²) in [5.74, 6) is 1.38. The van der Waals surface area contributed by atoms with E-state index in [0.29, 0.717) is 29.8 Å². The maximum absolute atomic E-state index is 11.0. The first-order valence-corrected chi connectivity index (χ1v) is 10.7. The predicted octanol–water partition coefficient (Wildman–Crippen LogP) is 3.28. The summed E-state index contributed by atoms with van der Waals surface area (Å²) in [6.45, 7) is 2.81. The Balaban J connectivity index is 1.35. The molecule has 4 aromatic heterocycles. The normalized spacial score (nSPS) is 20.4. The van der Waals surface area contributed by atoms with Crippen LogP contribution in [0, 0.1) is 0 Å². The van der Waals surface area contributed by atoms with Crippen molar-refractivity contribution in [1.82, 2.24) is 19.5 Å². The molecule has 0 aliphatic carbocycles. The van der Waals surface area contributed by atoms with Crippen LogP contribution in [0.2, 0.25) is 0 Å². The fourth-order valence-corrected chi connectivity index (χ4v) is 5.37. The van der Waals surface area contributed by atoms with Crippen LogP contribution in [-0.4, -0.2) is 56.7 Å². The highest BCUT2D eigenvalue weighted by molar-refractivity contribution is 7.17. The lowest BCUT2D eigenvalue weighted by molar-refractivity contribution is -0.187. The molecule has 1 N–H and O–H groups in total. The molecule has 4 aromatic rings. The highest BCUT2D eigenvalue weighted by atomic mass is 32.1. The highest BCUT2D eigenvalue weighted by Gasteiger charge is 2.43. The molecule has 6 rings (SSSR count). The number of nitrogens with zero attached hydrogens (tertiary/aromatic N) is 4. The number of aromatic nitrogens is 3. The molecule has 2 fully saturated rings. The molecule has 2 aliphatic heterocycles. The topological polar surface area (TPSA) is 98.4 Å². The third kappa shape index (κ3) is 2.87. The van der Waals surface area contributed by atoms with Crippen LogP contribution in [0.4, 0.5) is 0 Å². The van der Waals surface area contributed by atoms with Crippen LogP contribution in [0.15, 0.2) is 45.6 Å². The van der Waals surface area contributed by atoms with Crippen molar-refractivity contribution in [3.05, 3.63) is 47.4 Å². The molecule has 0 unspecified atom stereocenters. The quantitative estimate of drug-likeness (QED) is 0.529. The van der Waals surface area contributed by atoms with Crippen LogP contribution in [0.1, 0.15) is 29.5 Å². The monoisotopic (exact) mass is 428 g/mol. The van der Waals surface area contributed by atoms with E-state index >= 15 is 0 Å². The van der Waals surface area contributed by atoms with Crippen LogP contribution >= 0.6 is 11.3 Å². The fourth-order valence-electron chi connectivity index (χ4n) is 4.27. The van der Waals surface area contributed by atoms with Gasteiger partial charge in [-0.2, -0.15) is 9.50 Å². The van der Waals surface area contributed by atoms with Crippen LogP contribution in [-0.2, 0) is 9.47 Å². The van der Waals surface area contributed by atoms with Crippen LogP contribution in [0.3, 0.4) is 0 Å². The van der Waals surface area contributed by atoms with Gasteiger partial charge in [0, 0.05) is 25.9 Å². The standard InChI is InChI=1S/C20H20N4O5S/c25-18-16(30-19-21-17(22-24(18)19)14-4-2-10-27-14)15(13-3-1-9-26-13)23-7-5-20(6-8-23)28-11-12-29-20/h1-4,9-10,15,25H,5-8,11-12H2/t15-/m1/s1. The van der Waals surface area contributed by atoms with E-state index in [2.05, 4.69) is 15.0 Å². The van der Waals surface area contributed by atoms with Crippen LogP contribution < -0.4 is 0 Å². The van der Waals surface area contributed by atoms with Crippen molar-refractivity contribution in [1.29, 1.82) is 0 Å². The molecular formula is C20H20N4O5S. The molecule has 156 valence electrons. The van der Waals surface area contributed by atoms with E-state index in [9.17, 15) is 5.11 Å². The minimum atomic E-state index is -0.463. The largest absolute Gasteiger partial charge is 0.492 e. The summed E-state index contributed by atoms with van der Waals surface area (Å²) < 4.78 is 24.3. The zero-order valence-corrected chi connectivity index (χ0v) is 16.9. The van der Waals surface area contributed by atoms with Crippen LogP contribution in [0.25, 0.3) is 16.5 Å². The van der Waals surface area contributed by atoms with Gasteiger partial charge in [0.2, 0.25) is 16.7 Å². The number of furan rings is 2. The van der Waals surface area contributed by atoms with E-state index in [-0.39, 0.29) is 11.9 Å². The lowest BCUT2D eigenvalue weighted by Crippen LogP contribution is -2.46. The summed E-state index contributed by atoms with van der Waals surface area (Å²) in [5, 5.41) is 15.5. The van der Waals surface area contributed by atoms with Gasteiger partial charge >= 0.3 is 0 Å². The van der Waals surface area contributed by atoms with E-state index in [4.69, 9.17) is 18.3 Å². The molecule has 9 nitrogen and oxygen atoms in total. The molecule has 1 atom stereocenters. The second-order valence-electron chi connectivity index (χ2n) is 7.46. The Morgan fingerprint density at radius 1 is 1.07 bits per heavy atom. The number of hydrogen-bond donors (Lipinski definition) is 1. The summed E-state index contributed by atoms with van der Waals surface area (Å²) in [6, 6.07) is 7.13. The average Bonchev–Trinajstić information content (AvgIpc) is 3.56. The van der Waals surface area contributed by atoms with Gasteiger partial charge in [0.15, 0.2) is 11.5 Å². The molecule has 30 heavy (non-hydrogen) atoms. The summed E-state index contributed by atoms with van der Waals surface area (Å²) in [7, 11) is 0. The summed E-state index contributed by atoms with van der Waals surface area (Å²) >= 11 is 1.40. The molecule has 2 saturated heterocycles. The Morgan fingerprint density at radius 2 is 1.83 bits per heavy atom. The summed E-state index contributed by atoms with van der Waals surface area (Å²) in [6.07, 6.45) is 4.77. The molecule has 0 saturated carbocycles. The van der Waals surface area contributed by atoms with Crippen molar-refractivity contribution in [2.45, 2.75) is 24.7 Å². The molecular weight excluding hydrogens is 408 g/mol. The van der Waals surface area contributed by atoms with Gasteiger partial charge in [0.1, 0.15) is 11.8 Å². The Hall–Kier alpha value is -2.66. The fraction of sp³-hybridized carbons (Fsp3) is 0.400. The number of thiazole rings is 1. The van der Waals surface area contributed by atoms with E-state index in [1.165, 1.54) is 15.9 Å². The first kappa shape index (κ1) is 18.1. The van der Waals surface area contributed by atoms with Gasteiger partial charge < -0.3 is 23.4 Å². The van der Waals surface area contributed by atoms with Crippen molar-refractivity contribution in [2.24, 2.45) is 0 Å². The molecule has 10 heteroatoms. The number of rotatable bonds is 4. The highest BCUT2D eigenvalue weighted by Crippen LogP contribution is 2.43. The van der Waals surface area contributed by atoms with E-state index in [0.717, 1.165) is 36.6 Å². The van der Waals surface area contributed by atoms with Crippen molar-refractivity contribution < 1.29 is 23.4 Å². The second-order valence-corrected chi connectivity index (χ2v) is 8.47. The molecule has 0 amide bonds. The number of ether oxygens (including phenoxy) is 2. The average molecular weight is 428 g/mol. The smallest absolute Gasteiger partial charge is 0.230 e. The van der Waals surface area contributed by atoms with Gasteiger partial charge in [-0.3, -0.25) is 4.90 Å². The molecule has 2 aliphatic rings. The van der Waals surface area contributed by atoms with Gasteiger partial charge in [-0.25, -0.2) is 0 Å². The van der Waals surface area contributed by atoms with E-state index < -0.39 is 5.79 Å². The Morgan fingerprint density at radius 3 is 2.50 bits per heavy atom. The first-order valence-electron chi connectivity index (χ1n) is 9.90. The van der Waals surface area contributed by atoms with Gasteiger partial charge in [-0.15, -0.1) is 5.10 Å². The molecule has 0 aromatic carbocycles. The van der Waals surface area contributed by atoms with Crippen LogP contribution in [0.5, 0.6) is 5.88 Å². The van der Waals surface area contributed by atoms with Crippen molar-refractivity contribution in [2.75, 3.05) is 26.3 Å². The van der Waals surface area contributed by atoms with Crippen molar-refractivity contribution in [3.8, 4) is 17.5 Å². The van der Waals surface area contributed by atoms with Crippen molar-refractivity contribution in [3.63, 3.8) is 0 Å². The number of aromatic hydroxyl groups is 1. The maximum Gasteiger partial charge on any atom is 0.230 e. The van der Waals surface area contributed by atoms with Gasteiger partial charge in [-0.1, -0.05) is 11.3 Å². The van der Waals surface area contributed by atoms with E-state index in [1.807, 2.05) is 12.1 Å². The number of likely N-dealkylation sites (tertiary alicyclic amines) is 1.